The Kier molecular flexibility index (Phi) is 5.61. The number of hydrogen-bond donors (Lipinski definition) is 5. The second-order valence-electron chi connectivity index (χ2n) is 9.37. The Balaban J connectivity index is 1.50. The molecule has 1 aromatic carbocycles. The van der Waals surface area contributed by atoms with E-state index in [0.29, 0.717) is 35.6 Å². The Morgan fingerprint density at radius 3 is 2.69 bits per heavy atom. The lowest BCUT2D eigenvalue weighted by atomic mass is 9.90. The van der Waals surface area contributed by atoms with Gasteiger partial charge in [0.15, 0.2) is 5.82 Å². The van der Waals surface area contributed by atoms with Gasteiger partial charge < -0.3 is 15.4 Å². The minimum absolute atomic E-state index is 0.130. The molecule has 5 N–H and O–H groups in total. The van der Waals surface area contributed by atoms with Crippen LogP contribution in [-0.4, -0.2) is 49.2 Å². The molecule has 11 heteroatoms. The van der Waals surface area contributed by atoms with Gasteiger partial charge in [0.25, 0.3) is 0 Å². The maximum Gasteiger partial charge on any atom is 0.156 e. The number of nitrogens with one attached hydrogen (secondary N) is 3. The molecular formula is C24H27F2N5O3S. The van der Waals surface area contributed by atoms with Crippen LogP contribution in [0.3, 0.4) is 0 Å². The molecule has 0 amide bonds. The Morgan fingerprint density at radius 1 is 1.26 bits per heavy atom. The summed E-state index contributed by atoms with van der Waals surface area (Å²) < 4.78 is 55.0. The summed E-state index contributed by atoms with van der Waals surface area (Å²) in [4.78, 5) is 8.76. The third-order valence-corrected chi connectivity index (χ3v) is 9.76. The fraction of sp³-hybridized carbons (Fsp3) is 0.375. The Morgan fingerprint density at radius 2 is 2.03 bits per heavy atom. The van der Waals surface area contributed by atoms with Crippen molar-refractivity contribution in [2.24, 2.45) is 5.92 Å². The van der Waals surface area contributed by atoms with Crippen LogP contribution in [0.5, 0.6) is 5.75 Å². The highest BCUT2D eigenvalue weighted by atomic mass is 32.3. The van der Waals surface area contributed by atoms with Gasteiger partial charge >= 0.3 is 0 Å². The summed E-state index contributed by atoms with van der Waals surface area (Å²) in [6, 6.07) is 7.96. The number of hydrogen-bond acceptors (Lipinski definition) is 7. The van der Waals surface area contributed by atoms with Crippen LogP contribution in [0.15, 0.2) is 42.7 Å². The van der Waals surface area contributed by atoms with Crippen molar-refractivity contribution >= 4 is 38.8 Å². The molecular weight excluding hydrogens is 476 g/mol. The molecule has 1 saturated carbocycles. The SMILES string of the molecule is COc1cnc2c(Nc3ccc(F)c([C@]4(C)CS(O)(O)[C@@](CF)(C5CC5)C(=N)N4)c3)nccc2c1. The molecule has 0 spiro atoms. The number of nitrogens with zero attached hydrogens (tertiary/aromatic N) is 2. The molecule has 1 aliphatic carbocycles. The van der Waals surface area contributed by atoms with Gasteiger partial charge in [-0.2, -0.15) is 10.6 Å². The molecule has 2 aliphatic rings. The van der Waals surface area contributed by atoms with E-state index in [1.807, 2.05) is 6.07 Å². The summed E-state index contributed by atoms with van der Waals surface area (Å²) >= 11 is 0. The van der Waals surface area contributed by atoms with Crippen molar-refractivity contribution in [3.05, 3.63) is 54.1 Å². The fourth-order valence-electron chi connectivity index (χ4n) is 4.95. The van der Waals surface area contributed by atoms with Crippen molar-refractivity contribution in [3.63, 3.8) is 0 Å². The average Bonchev–Trinajstić information content (AvgIpc) is 3.65. The quantitative estimate of drug-likeness (QED) is 0.314. The number of aromatic nitrogens is 2. The summed E-state index contributed by atoms with van der Waals surface area (Å²) in [5.74, 6) is -0.427. The predicted molar refractivity (Wildman–Crippen MR) is 133 cm³/mol. The normalized spacial score (nSPS) is 26.7. The van der Waals surface area contributed by atoms with Crippen LogP contribution in [0.2, 0.25) is 0 Å². The van der Waals surface area contributed by atoms with Crippen LogP contribution < -0.4 is 15.4 Å². The molecule has 3 heterocycles. The number of halogens is 2. The number of rotatable bonds is 6. The molecule has 0 unspecified atom stereocenters. The number of methoxy groups -OCH3 is 1. The zero-order chi connectivity index (χ0) is 25.0. The number of benzene rings is 1. The first-order valence-corrected chi connectivity index (χ1v) is 12.9. The molecule has 2 aromatic heterocycles. The summed E-state index contributed by atoms with van der Waals surface area (Å²) in [5, 5.41) is 15.4. The van der Waals surface area contributed by atoms with Gasteiger partial charge in [0.2, 0.25) is 0 Å². The van der Waals surface area contributed by atoms with Gasteiger partial charge in [-0.1, -0.05) is 0 Å². The number of amidine groups is 1. The zero-order valence-electron chi connectivity index (χ0n) is 19.3. The molecule has 2 fully saturated rings. The minimum Gasteiger partial charge on any atom is -0.495 e. The number of alkyl halides is 1. The van der Waals surface area contributed by atoms with E-state index in [4.69, 9.17) is 10.1 Å². The van der Waals surface area contributed by atoms with Gasteiger partial charge in [0, 0.05) is 22.8 Å². The van der Waals surface area contributed by atoms with Crippen molar-refractivity contribution < 1.29 is 22.6 Å². The lowest BCUT2D eigenvalue weighted by molar-refractivity contribution is 0.323. The second kappa shape index (κ2) is 8.28. The second-order valence-corrected chi connectivity index (χ2v) is 11.7. The summed E-state index contributed by atoms with van der Waals surface area (Å²) in [6.07, 6.45) is 4.45. The van der Waals surface area contributed by atoms with Crippen LogP contribution in [0.4, 0.5) is 20.3 Å². The summed E-state index contributed by atoms with van der Waals surface area (Å²) in [7, 11) is -2.03. The van der Waals surface area contributed by atoms with E-state index in [1.165, 1.54) is 18.2 Å². The zero-order valence-corrected chi connectivity index (χ0v) is 20.1. The number of pyridine rings is 2. The van der Waals surface area contributed by atoms with E-state index in [9.17, 15) is 13.5 Å². The van der Waals surface area contributed by atoms with Gasteiger partial charge in [0.1, 0.15) is 34.3 Å². The van der Waals surface area contributed by atoms with Crippen LogP contribution in [-0.2, 0) is 5.54 Å². The van der Waals surface area contributed by atoms with Gasteiger partial charge in [-0.15, -0.1) is 0 Å². The molecule has 1 saturated heterocycles. The molecule has 3 aromatic rings. The van der Waals surface area contributed by atoms with Gasteiger partial charge in [-0.05, 0) is 56.0 Å². The summed E-state index contributed by atoms with van der Waals surface area (Å²) in [6.45, 7) is 0.549. The van der Waals surface area contributed by atoms with E-state index in [1.54, 1.807) is 32.5 Å². The average molecular weight is 504 g/mol. The monoisotopic (exact) mass is 503 g/mol. The number of ether oxygens (including phenoxy) is 1. The van der Waals surface area contributed by atoms with Gasteiger partial charge in [0.05, 0.1) is 24.6 Å². The lowest BCUT2D eigenvalue weighted by Crippen LogP contribution is -2.66. The van der Waals surface area contributed by atoms with Gasteiger partial charge in [-0.25, -0.2) is 18.7 Å². The topological polar surface area (TPSA) is 123 Å². The van der Waals surface area contributed by atoms with Crippen molar-refractivity contribution in [3.8, 4) is 5.75 Å². The fourth-order valence-corrected chi connectivity index (χ4v) is 7.56. The largest absolute Gasteiger partial charge is 0.495 e. The first-order valence-electron chi connectivity index (χ1n) is 11.2. The Labute approximate surface area is 203 Å². The standard InChI is InChI=1S/C24H27F2N5O3S/c1-23(13-35(32,33)24(12-25,15-3-4-15)22(27)31-23)18-10-16(5-6-19(18)26)30-21-20-14(7-8-28-21)9-17(34-2)11-29-20/h5-11,15,32-33H,3-4,12-13H2,1-2H3,(H2,27,31)(H,28,30)/t23-,24-/m0/s1. The lowest BCUT2D eigenvalue weighted by Gasteiger charge is -2.58. The van der Waals surface area contributed by atoms with Crippen LogP contribution in [0.25, 0.3) is 10.9 Å². The van der Waals surface area contributed by atoms with Crippen molar-refractivity contribution in [1.82, 2.24) is 15.3 Å². The molecule has 5 rings (SSSR count). The Bertz CT molecular complexity index is 1320. The van der Waals surface area contributed by atoms with E-state index >= 15 is 4.39 Å². The molecule has 2 atom stereocenters. The molecule has 1 aliphatic heterocycles. The van der Waals surface area contributed by atoms with Crippen molar-refractivity contribution in [2.75, 3.05) is 24.9 Å². The highest BCUT2D eigenvalue weighted by Gasteiger charge is 2.62. The smallest absolute Gasteiger partial charge is 0.156 e. The predicted octanol–water partition coefficient (Wildman–Crippen LogP) is 5.19. The Hall–Kier alpha value is -3.02. The summed E-state index contributed by atoms with van der Waals surface area (Å²) in [5.41, 5.74) is -0.113. The van der Waals surface area contributed by atoms with Crippen LogP contribution in [0, 0.1) is 17.1 Å². The highest BCUT2D eigenvalue weighted by Crippen LogP contribution is 2.66. The maximum atomic E-state index is 15.1. The van der Waals surface area contributed by atoms with E-state index < -0.39 is 33.4 Å². The first-order chi connectivity index (χ1) is 16.6. The number of fused-ring (bicyclic) bond motifs is 1. The first kappa shape index (κ1) is 23.7. The van der Waals surface area contributed by atoms with Gasteiger partial charge in [-0.3, -0.25) is 14.5 Å². The van der Waals surface area contributed by atoms with E-state index in [2.05, 4.69) is 20.6 Å². The molecule has 0 bridgehead atoms. The number of anilines is 2. The van der Waals surface area contributed by atoms with Crippen molar-refractivity contribution in [1.29, 1.82) is 5.41 Å². The molecule has 186 valence electrons. The van der Waals surface area contributed by atoms with Crippen LogP contribution in [0.1, 0.15) is 25.3 Å². The van der Waals surface area contributed by atoms with E-state index in [0.717, 1.165) is 5.39 Å². The molecule has 35 heavy (non-hydrogen) atoms. The molecule has 0 radical (unpaired) electrons. The van der Waals surface area contributed by atoms with Crippen LogP contribution >= 0.6 is 10.6 Å². The molecule has 8 nitrogen and oxygen atoms in total. The minimum atomic E-state index is -3.58. The third kappa shape index (κ3) is 3.78. The third-order valence-electron chi connectivity index (χ3n) is 6.97. The van der Waals surface area contributed by atoms with Crippen molar-refractivity contribution in [2.45, 2.75) is 30.1 Å². The highest BCUT2D eigenvalue weighted by molar-refractivity contribution is 8.26. The van der Waals surface area contributed by atoms with E-state index in [-0.39, 0.29) is 23.1 Å². The maximum absolute atomic E-state index is 15.1.